The predicted octanol–water partition coefficient (Wildman–Crippen LogP) is 4.07. The van der Waals surface area contributed by atoms with Crippen molar-refractivity contribution in [3.63, 3.8) is 0 Å². The molecule has 2 heterocycles. The average Bonchev–Trinajstić information content (AvgIpc) is 3.35. The molecule has 0 bridgehead atoms. The summed E-state index contributed by atoms with van der Waals surface area (Å²) in [6, 6.07) is -0.229. The van der Waals surface area contributed by atoms with Gasteiger partial charge < -0.3 is 14.6 Å². The number of rotatable bonds is 12. The lowest BCUT2D eigenvalue weighted by Gasteiger charge is -2.45. The fourth-order valence-corrected chi connectivity index (χ4v) is 5.77. The zero-order valence-electron chi connectivity index (χ0n) is 17.6. The molecule has 1 aromatic heterocycles. The number of esters is 1. The molecule has 1 aliphatic carbocycles. The number of amides is 1. The molecule has 0 spiro atoms. The topological polar surface area (TPSA) is 89.0 Å². The summed E-state index contributed by atoms with van der Waals surface area (Å²) in [4.78, 5) is 29.5. The lowest BCUT2D eigenvalue weighted by molar-refractivity contribution is -0.0147. The number of halogens is 1. The molecular weight excluding hydrogens is 443 g/mol. The van der Waals surface area contributed by atoms with Gasteiger partial charge in [0.2, 0.25) is 0 Å². The molecule has 31 heavy (non-hydrogen) atoms. The van der Waals surface area contributed by atoms with Crippen LogP contribution >= 0.6 is 23.1 Å². The molecule has 0 radical (unpaired) electrons. The van der Waals surface area contributed by atoms with E-state index in [1.165, 1.54) is 30.2 Å². The Hall–Kier alpha value is -1.65. The molecule has 1 saturated heterocycles. The molecule has 172 valence electrons. The van der Waals surface area contributed by atoms with Gasteiger partial charge in [0.05, 0.1) is 25.9 Å². The van der Waals surface area contributed by atoms with Gasteiger partial charge in [-0.3, -0.25) is 9.29 Å². The van der Waals surface area contributed by atoms with Crippen LogP contribution in [0.25, 0.3) is 0 Å². The number of cyclic esters (lactones) is 1. The van der Waals surface area contributed by atoms with Gasteiger partial charge >= 0.3 is 12.1 Å². The second-order valence-corrected chi connectivity index (χ2v) is 10.1. The number of hydrogen-bond acceptors (Lipinski definition) is 8. The number of nitrogens with zero attached hydrogens (tertiary/aromatic N) is 2. The number of thiazole rings is 1. The third-order valence-corrected chi connectivity index (χ3v) is 8.00. The monoisotopic (exact) mass is 472 g/mol. The molecule has 10 heteroatoms. The smallest absolute Gasteiger partial charge is 0.410 e. The number of aliphatic hydroxyl groups excluding tert-OH is 1. The minimum absolute atomic E-state index is 0.155. The van der Waals surface area contributed by atoms with E-state index >= 15 is 0 Å². The summed E-state index contributed by atoms with van der Waals surface area (Å²) in [5, 5.41) is 12.4. The Balaban J connectivity index is 1.51. The summed E-state index contributed by atoms with van der Waals surface area (Å²) in [6.07, 6.45) is 7.80. The maximum absolute atomic E-state index is 12.4. The zero-order valence-corrected chi connectivity index (χ0v) is 19.3. The van der Waals surface area contributed by atoms with E-state index in [0.29, 0.717) is 18.7 Å². The highest BCUT2D eigenvalue weighted by Crippen LogP contribution is 2.48. The van der Waals surface area contributed by atoms with Crippen LogP contribution < -0.4 is 0 Å². The van der Waals surface area contributed by atoms with Crippen molar-refractivity contribution in [2.45, 2.75) is 55.0 Å². The first-order valence-electron chi connectivity index (χ1n) is 10.5. The Morgan fingerprint density at radius 3 is 3.03 bits per heavy atom. The summed E-state index contributed by atoms with van der Waals surface area (Å²) in [5.41, 5.74) is 0.125. The first-order valence-corrected chi connectivity index (χ1v) is 12.4. The van der Waals surface area contributed by atoms with Crippen molar-refractivity contribution in [1.29, 1.82) is 0 Å². The van der Waals surface area contributed by atoms with E-state index in [-0.39, 0.29) is 36.5 Å². The minimum Gasteiger partial charge on any atom is -0.464 e. The molecule has 1 N–H and O–H groups in total. The number of hydrogen-bond donors (Lipinski definition) is 1. The number of alkyl halides is 1. The van der Waals surface area contributed by atoms with E-state index in [4.69, 9.17) is 4.74 Å². The first-order chi connectivity index (χ1) is 15.0. The van der Waals surface area contributed by atoms with Gasteiger partial charge in [-0.05, 0) is 31.1 Å². The van der Waals surface area contributed by atoms with E-state index in [1.54, 1.807) is 16.4 Å². The number of carbonyl (C=O) groups excluding carboxylic acids is 2. The Morgan fingerprint density at radius 2 is 2.35 bits per heavy atom. The van der Waals surface area contributed by atoms with E-state index in [2.05, 4.69) is 9.72 Å². The fourth-order valence-electron chi connectivity index (χ4n) is 3.97. The van der Waals surface area contributed by atoms with E-state index in [1.807, 2.05) is 6.08 Å². The maximum atomic E-state index is 12.4. The Bertz CT molecular complexity index is 784. The molecule has 2 fully saturated rings. The van der Waals surface area contributed by atoms with Crippen LogP contribution in [0.15, 0.2) is 21.9 Å². The van der Waals surface area contributed by atoms with Gasteiger partial charge in [0.25, 0.3) is 0 Å². The van der Waals surface area contributed by atoms with Crippen LogP contribution in [0.3, 0.4) is 0 Å². The highest BCUT2D eigenvalue weighted by molar-refractivity contribution is 8.01. The molecule has 7 nitrogen and oxygen atoms in total. The highest BCUT2D eigenvalue weighted by Gasteiger charge is 2.42. The van der Waals surface area contributed by atoms with Crippen LogP contribution in [0.4, 0.5) is 9.18 Å². The van der Waals surface area contributed by atoms with Crippen LogP contribution in [-0.4, -0.2) is 71.9 Å². The largest absolute Gasteiger partial charge is 0.464 e. The number of unbranched alkanes of at least 4 members (excludes halogenated alkanes) is 1. The zero-order chi connectivity index (χ0) is 22.3. The van der Waals surface area contributed by atoms with Gasteiger partial charge in [0.15, 0.2) is 10.0 Å². The molecule has 2 atom stereocenters. The summed E-state index contributed by atoms with van der Waals surface area (Å²) in [7, 11) is 1.31. The third kappa shape index (κ3) is 5.98. The summed E-state index contributed by atoms with van der Waals surface area (Å²) < 4.78 is 23.0. The molecule has 2 aliphatic rings. The summed E-state index contributed by atoms with van der Waals surface area (Å²) >= 11 is 2.82. The van der Waals surface area contributed by atoms with Crippen molar-refractivity contribution < 1.29 is 28.6 Å². The lowest BCUT2D eigenvalue weighted by atomic mass is 9.62. The van der Waals surface area contributed by atoms with Crippen molar-refractivity contribution >= 4 is 35.2 Å². The van der Waals surface area contributed by atoms with Crippen LogP contribution in [0.2, 0.25) is 0 Å². The molecule has 0 unspecified atom stereocenters. The second kappa shape index (κ2) is 11.3. The van der Waals surface area contributed by atoms with Crippen LogP contribution in [0, 0.1) is 5.41 Å². The van der Waals surface area contributed by atoms with Crippen molar-refractivity contribution in [3.05, 3.63) is 23.2 Å². The SMILES string of the molecule is COC(=O)c1csc(SCCN2C(=O)OC[C@@H]2C=C[C@@H](O)C2(CCCCF)CCC2)n1. The van der Waals surface area contributed by atoms with E-state index in [9.17, 15) is 19.1 Å². The van der Waals surface area contributed by atoms with Gasteiger partial charge in [0.1, 0.15) is 6.61 Å². The Kier molecular flexibility index (Phi) is 8.74. The van der Waals surface area contributed by atoms with Crippen molar-refractivity contribution in [1.82, 2.24) is 9.88 Å². The van der Waals surface area contributed by atoms with Gasteiger partial charge in [-0.1, -0.05) is 36.8 Å². The fraction of sp³-hybridized carbons (Fsp3) is 0.667. The second-order valence-electron chi connectivity index (χ2n) is 7.87. The molecule has 1 aromatic rings. The maximum Gasteiger partial charge on any atom is 0.410 e. The highest BCUT2D eigenvalue weighted by atomic mass is 32.2. The Morgan fingerprint density at radius 1 is 1.55 bits per heavy atom. The first kappa shape index (κ1) is 24.0. The van der Waals surface area contributed by atoms with E-state index in [0.717, 1.165) is 36.4 Å². The van der Waals surface area contributed by atoms with Gasteiger partial charge in [0, 0.05) is 17.7 Å². The van der Waals surface area contributed by atoms with Gasteiger partial charge in [-0.25, -0.2) is 14.6 Å². The molecular formula is C21H29FN2O5S2. The number of carbonyl (C=O) groups is 2. The standard InChI is InChI=1S/C21H29FN2O5S2/c1-28-18(26)16-14-31-19(23-16)30-12-11-24-15(13-29-20(24)27)5-6-17(25)21(8-4-9-21)7-2-3-10-22/h5-6,14-15,17,25H,2-4,7-13H2,1H3/t15-,17+/m0/s1. The number of aliphatic hydroxyl groups is 1. The van der Waals surface area contributed by atoms with Crippen LogP contribution in [0.5, 0.6) is 0 Å². The Labute approximate surface area is 190 Å². The number of aromatic nitrogens is 1. The lowest BCUT2D eigenvalue weighted by Crippen LogP contribution is -2.41. The average molecular weight is 473 g/mol. The van der Waals surface area contributed by atoms with Crippen LogP contribution in [-0.2, 0) is 9.47 Å². The molecule has 1 aliphatic heterocycles. The van der Waals surface area contributed by atoms with Crippen molar-refractivity contribution in [2.24, 2.45) is 5.41 Å². The minimum atomic E-state index is -0.597. The quantitative estimate of drug-likeness (QED) is 0.212. The molecule has 1 saturated carbocycles. The van der Waals surface area contributed by atoms with Gasteiger partial charge in [-0.15, -0.1) is 11.3 Å². The van der Waals surface area contributed by atoms with Gasteiger partial charge in [-0.2, -0.15) is 0 Å². The molecule has 3 rings (SSSR count). The van der Waals surface area contributed by atoms with Crippen molar-refractivity contribution in [2.75, 3.05) is 32.7 Å². The number of thioether (sulfide) groups is 1. The third-order valence-electron chi connectivity index (χ3n) is 6.00. The number of ether oxygens (including phenoxy) is 2. The summed E-state index contributed by atoms with van der Waals surface area (Å²) in [5.74, 6) is 0.132. The molecule has 1 amide bonds. The van der Waals surface area contributed by atoms with E-state index < -0.39 is 12.1 Å². The van der Waals surface area contributed by atoms with Crippen molar-refractivity contribution in [3.8, 4) is 0 Å². The molecule has 0 aromatic carbocycles. The summed E-state index contributed by atoms with van der Waals surface area (Å²) in [6.45, 7) is 0.399. The normalized spacial score (nSPS) is 21.2. The van der Waals surface area contributed by atoms with Crippen LogP contribution in [0.1, 0.15) is 49.0 Å². The predicted molar refractivity (Wildman–Crippen MR) is 117 cm³/mol. The number of methoxy groups -OCH3 is 1.